The predicted molar refractivity (Wildman–Crippen MR) is 95.3 cm³/mol. The van der Waals surface area contributed by atoms with Crippen molar-refractivity contribution >= 4 is 29.0 Å². The average Bonchev–Trinajstić information content (AvgIpc) is 2.94. The number of nitrogens with zero attached hydrogens (tertiary/aromatic N) is 4. The molecule has 132 valence electrons. The summed E-state index contributed by atoms with van der Waals surface area (Å²) < 4.78 is 5.07. The summed E-state index contributed by atoms with van der Waals surface area (Å²) in [7, 11) is 1.57. The molecule has 1 atom stereocenters. The first-order chi connectivity index (χ1) is 12.5. The molecule has 1 aliphatic rings. The van der Waals surface area contributed by atoms with E-state index in [-0.39, 0.29) is 11.3 Å². The van der Waals surface area contributed by atoms with Gasteiger partial charge in [0.15, 0.2) is 6.04 Å². The van der Waals surface area contributed by atoms with Gasteiger partial charge >= 0.3 is 5.97 Å². The maximum atomic E-state index is 12.7. The smallest absolute Gasteiger partial charge is 0.337 e. The third-order valence-corrected chi connectivity index (χ3v) is 3.82. The molecule has 0 radical (unpaired) electrons. The number of carboxylic acid groups (broad SMARTS) is 1. The zero-order chi connectivity index (χ0) is 18.7. The first-order valence-corrected chi connectivity index (χ1v) is 7.77. The molecule has 0 aliphatic carbocycles. The molecule has 0 bridgehead atoms. The number of hydrogen-bond acceptors (Lipinski definition) is 6. The standard InChI is InChI=1S/C18H16N4O4/c1-11-16(20-19-12-7-9-13(26-2)10-8-12)17(23)22(21-11)15-6-4-3-5-14(15)18(24)25/h3-10,16H,1-2H3,(H,24,25). The fourth-order valence-corrected chi connectivity index (χ4v) is 2.47. The molecule has 26 heavy (non-hydrogen) atoms. The first kappa shape index (κ1) is 17.3. The van der Waals surface area contributed by atoms with Crippen LogP contribution in [0.2, 0.25) is 0 Å². The van der Waals surface area contributed by atoms with Crippen LogP contribution in [-0.2, 0) is 4.79 Å². The maximum absolute atomic E-state index is 12.7. The van der Waals surface area contributed by atoms with E-state index in [1.54, 1.807) is 50.4 Å². The third kappa shape index (κ3) is 3.30. The third-order valence-electron chi connectivity index (χ3n) is 3.82. The van der Waals surface area contributed by atoms with Gasteiger partial charge in [-0.05, 0) is 43.3 Å². The Morgan fingerprint density at radius 2 is 1.88 bits per heavy atom. The summed E-state index contributed by atoms with van der Waals surface area (Å²) in [5.74, 6) is -0.895. The van der Waals surface area contributed by atoms with Gasteiger partial charge in [0, 0.05) is 0 Å². The molecule has 0 aromatic heterocycles. The molecule has 0 saturated heterocycles. The number of carbonyl (C=O) groups excluding carboxylic acids is 1. The normalized spacial score (nSPS) is 16.8. The molecule has 1 amide bonds. The van der Waals surface area contributed by atoms with E-state index in [0.29, 0.717) is 17.1 Å². The molecule has 1 unspecified atom stereocenters. The number of carbonyl (C=O) groups is 2. The second-order valence-electron chi connectivity index (χ2n) is 5.53. The van der Waals surface area contributed by atoms with Gasteiger partial charge < -0.3 is 9.84 Å². The highest BCUT2D eigenvalue weighted by atomic mass is 16.5. The molecule has 0 fully saturated rings. The van der Waals surface area contributed by atoms with Crippen molar-refractivity contribution in [3.8, 4) is 5.75 Å². The fourth-order valence-electron chi connectivity index (χ4n) is 2.47. The van der Waals surface area contributed by atoms with Gasteiger partial charge in [-0.2, -0.15) is 20.3 Å². The molecule has 1 N–H and O–H groups in total. The van der Waals surface area contributed by atoms with Crippen molar-refractivity contribution in [3.05, 3.63) is 54.1 Å². The van der Waals surface area contributed by atoms with Crippen LogP contribution in [0.1, 0.15) is 17.3 Å². The summed E-state index contributed by atoms with van der Waals surface area (Å²) in [6.07, 6.45) is 0. The number of rotatable bonds is 5. The number of aromatic carboxylic acids is 1. The fraction of sp³-hybridized carbons (Fsp3) is 0.167. The molecule has 0 saturated carbocycles. The Morgan fingerprint density at radius 1 is 1.19 bits per heavy atom. The van der Waals surface area contributed by atoms with E-state index in [1.807, 2.05) is 0 Å². The van der Waals surface area contributed by atoms with E-state index in [2.05, 4.69) is 15.3 Å². The summed E-state index contributed by atoms with van der Waals surface area (Å²) in [5, 5.41) is 22.7. The molecule has 0 spiro atoms. The maximum Gasteiger partial charge on any atom is 0.337 e. The van der Waals surface area contributed by atoms with Crippen LogP contribution in [0, 0.1) is 0 Å². The van der Waals surface area contributed by atoms with Crippen LogP contribution in [0.4, 0.5) is 11.4 Å². The lowest BCUT2D eigenvalue weighted by Gasteiger charge is -2.14. The van der Waals surface area contributed by atoms with E-state index in [0.717, 1.165) is 5.01 Å². The highest BCUT2D eigenvalue weighted by Gasteiger charge is 2.36. The van der Waals surface area contributed by atoms with Gasteiger partial charge in [-0.3, -0.25) is 4.79 Å². The molecular formula is C18H16N4O4. The van der Waals surface area contributed by atoms with Crippen LogP contribution < -0.4 is 9.75 Å². The van der Waals surface area contributed by atoms with Crippen LogP contribution >= 0.6 is 0 Å². The van der Waals surface area contributed by atoms with Crippen molar-refractivity contribution in [2.75, 3.05) is 12.1 Å². The van der Waals surface area contributed by atoms with Crippen molar-refractivity contribution in [2.45, 2.75) is 13.0 Å². The van der Waals surface area contributed by atoms with Gasteiger partial charge in [0.2, 0.25) is 0 Å². The zero-order valence-electron chi connectivity index (χ0n) is 14.2. The van der Waals surface area contributed by atoms with E-state index in [9.17, 15) is 14.7 Å². The molecule has 1 aliphatic heterocycles. The number of methoxy groups -OCH3 is 1. The van der Waals surface area contributed by atoms with Crippen LogP contribution in [0.3, 0.4) is 0 Å². The highest BCUT2D eigenvalue weighted by Crippen LogP contribution is 2.27. The van der Waals surface area contributed by atoms with Gasteiger partial charge in [0.05, 0.1) is 29.8 Å². The number of hydrogen-bond donors (Lipinski definition) is 1. The van der Waals surface area contributed by atoms with Gasteiger partial charge in [0.25, 0.3) is 5.91 Å². The molecular weight excluding hydrogens is 336 g/mol. The molecule has 8 heteroatoms. The number of anilines is 1. The number of carboxylic acids is 1. The monoisotopic (exact) mass is 352 g/mol. The summed E-state index contributed by atoms with van der Waals surface area (Å²) in [5.41, 5.74) is 1.19. The van der Waals surface area contributed by atoms with E-state index in [1.165, 1.54) is 12.1 Å². The average molecular weight is 352 g/mol. The predicted octanol–water partition coefficient (Wildman–Crippen LogP) is 3.27. The highest BCUT2D eigenvalue weighted by molar-refractivity contribution is 6.19. The van der Waals surface area contributed by atoms with Crippen LogP contribution in [0.5, 0.6) is 5.75 Å². The van der Waals surface area contributed by atoms with Gasteiger partial charge in [-0.15, -0.1) is 0 Å². The Balaban J connectivity index is 1.84. The quantitative estimate of drug-likeness (QED) is 0.834. The Kier molecular flexibility index (Phi) is 4.74. The summed E-state index contributed by atoms with van der Waals surface area (Å²) in [4.78, 5) is 24.0. The second kappa shape index (κ2) is 7.14. The number of amides is 1. The first-order valence-electron chi connectivity index (χ1n) is 7.77. The van der Waals surface area contributed by atoms with E-state index < -0.39 is 17.9 Å². The largest absolute Gasteiger partial charge is 0.497 e. The van der Waals surface area contributed by atoms with Crippen molar-refractivity contribution < 1.29 is 19.4 Å². The van der Waals surface area contributed by atoms with E-state index in [4.69, 9.17) is 4.74 Å². The molecule has 3 rings (SSSR count). The van der Waals surface area contributed by atoms with Crippen LogP contribution in [0.15, 0.2) is 63.9 Å². The molecule has 8 nitrogen and oxygen atoms in total. The lowest BCUT2D eigenvalue weighted by molar-refractivity contribution is -0.117. The summed E-state index contributed by atoms with van der Waals surface area (Å²) in [6.45, 7) is 1.65. The van der Waals surface area contributed by atoms with Gasteiger partial charge in [0.1, 0.15) is 5.75 Å². The number of azo groups is 1. The molecule has 2 aromatic rings. The van der Waals surface area contributed by atoms with Gasteiger partial charge in [-0.1, -0.05) is 12.1 Å². The van der Waals surface area contributed by atoms with E-state index >= 15 is 0 Å². The van der Waals surface area contributed by atoms with Crippen molar-refractivity contribution in [3.63, 3.8) is 0 Å². The lowest BCUT2D eigenvalue weighted by Crippen LogP contribution is -2.30. The number of benzene rings is 2. The number of hydrazone groups is 1. The SMILES string of the molecule is COc1ccc(N=NC2C(=O)N(c3ccccc3C(=O)O)N=C2C)cc1. The summed E-state index contributed by atoms with van der Waals surface area (Å²) in [6, 6.07) is 12.2. The lowest BCUT2D eigenvalue weighted by atomic mass is 10.1. The molecule has 1 heterocycles. The Labute approximate surface area is 149 Å². The minimum Gasteiger partial charge on any atom is -0.497 e. The van der Waals surface area contributed by atoms with Crippen molar-refractivity contribution in [1.29, 1.82) is 0 Å². The number of ether oxygens (including phenoxy) is 1. The van der Waals surface area contributed by atoms with Crippen molar-refractivity contribution in [1.82, 2.24) is 0 Å². The van der Waals surface area contributed by atoms with Crippen molar-refractivity contribution in [2.24, 2.45) is 15.3 Å². The van der Waals surface area contributed by atoms with Crippen LogP contribution in [-0.4, -0.2) is 35.8 Å². The topological polar surface area (TPSA) is 104 Å². The molecule has 2 aromatic carbocycles. The minimum absolute atomic E-state index is 0.00913. The van der Waals surface area contributed by atoms with Crippen LogP contribution in [0.25, 0.3) is 0 Å². The Bertz CT molecular complexity index is 906. The minimum atomic E-state index is -1.13. The Hall–Kier alpha value is -3.55. The second-order valence-corrected chi connectivity index (χ2v) is 5.53. The van der Waals surface area contributed by atoms with Gasteiger partial charge in [-0.25, -0.2) is 4.79 Å². The zero-order valence-corrected chi connectivity index (χ0v) is 14.2. The number of para-hydroxylation sites is 1. The Morgan fingerprint density at radius 3 is 2.54 bits per heavy atom. The summed E-state index contributed by atoms with van der Waals surface area (Å²) >= 11 is 0.